The molecule has 130 valence electrons. The first-order chi connectivity index (χ1) is 12.7. The molecule has 3 nitrogen and oxygen atoms in total. The molecule has 3 aromatic carbocycles. The normalized spacial score (nSPS) is 16.5. The van der Waals surface area contributed by atoms with E-state index in [1.165, 1.54) is 12.1 Å². The van der Waals surface area contributed by atoms with E-state index >= 15 is 0 Å². The quantitative estimate of drug-likeness (QED) is 0.649. The SMILES string of the molecule is COc1ccc([C@H]2CC(c3ccc(F)cc3)=NN2c2ccccc2)cc1. The van der Waals surface area contributed by atoms with Gasteiger partial charge in [0, 0.05) is 6.42 Å². The first kappa shape index (κ1) is 16.3. The molecule has 4 rings (SSSR count). The first-order valence-corrected chi connectivity index (χ1v) is 8.56. The molecule has 0 saturated heterocycles. The molecular formula is C22H19FN2O. The second kappa shape index (κ2) is 7.00. The highest BCUT2D eigenvalue weighted by molar-refractivity contribution is 6.03. The number of hydrazone groups is 1. The molecule has 1 heterocycles. The maximum absolute atomic E-state index is 13.3. The van der Waals surface area contributed by atoms with Gasteiger partial charge in [-0.05, 0) is 47.5 Å². The van der Waals surface area contributed by atoms with Crippen molar-refractivity contribution in [1.82, 2.24) is 0 Å². The van der Waals surface area contributed by atoms with Gasteiger partial charge in [0.2, 0.25) is 0 Å². The largest absolute Gasteiger partial charge is 0.497 e. The molecule has 0 N–H and O–H groups in total. The lowest BCUT2D eigenvalue weighted by atomic mass is 9.98. The summed E-state index contributed by atoms with van der Waals surface area (Å²) in [6.45, 7) is 0. The summed E-state index contributed by atoms with van der Waals surface area (Å²) in [7, 11) is 1.66. The smallest absolute Gasteiger partial charge is 0.123 e. The summed E-state index contributed by atoms with van der Waals surface area (Å²) in [6, 6.07) is 24.8. The summed E-state index contributed by atoms with van der Waals surface area (Å²) in [5, 5.41) is 6.90. The maximum Gasteiger partial charge on any atom is 0.123 e. The minimum Gasteiger partial charge on any atom is -0.497 e. The third-order valence-electron chi connectivity index (χ3n) is 4.61. The molecule has 26 heavy (non-hydrogen) atoms. The van der Waals surface area contributed by atoms with Gasteiger partial charge in [-0.15, -0.1) is 0 Å². The summed E-state index contributed by atoms with van der Waals surface area (Å²) < 4.78 is 18.5. The van der Waals surface area contributed by atoms with Crippen LogP contribution in [0, 0.1) is 5.82 Å². The molecule has 1 aliphatic heterocycles. The lowest BCUT2D eigenvalue weighted by Gasteiger charge is -2.24. The molecule has 3 aromatic rings. The Bertz CT molecular complexity index is 905. The number of rotatable bonds is 4. The predicted octanol–water partition coefficient (Wildman–Crippen LogP) is 5.19. The van der Waals surface area contributed by atoms with Crippen molar-refractivity contribution in [2.24, 2.45) is 5.10 Å². The van der Waals surface area contributed by atoms with Crippen LogP contribution in [-0.2, 0) is 0 Å². The van der Waals surface area contributed by atoms with E-state index in [2.05, 4.69) is 12.1 Å². The van der Waals surface area contributed by atoms with Crippen LogP contribution in [0.1, 0.15) is 23.6 Å². The maximum atomic E-state index is 13.3. The van der Waals surface area contributed by atoms with E-state index in [9.17, 15) is 4.39 Å². The molecule has 0 fully saturated rings. The van der Waals surface area contributed by atoms with Gasteiger partial charge in [-0.3, -0.25) is 5.01 Å². The molecule has 4 heteroatoms. The van der Waals surface area contributed by atoms with E-state index in [4.69, 9.17) is 9.84 Å². The van der Waals surface area contributed by atoms with Gasteiger partial charge in [-0.2, -0.15) is 5.10 Å². The van der Waals surface area contributed by atoms with E-state index in [1.807, 2.05) is 47.5 Å². The van der Waals surface area contributed by atoms with Crippen molar-refractivity contribution >= 4 is 11.4 Å². The average molecular weight is 346 g/mol. The third kappa shape index (κ3) is 3.18. The zero-order valence-corrected chi connectivity index (χ0v) is 14.5. The Morgan fingerprint density at radius 2 is 1.62 bits per heavy atom. The number of para-hydroxylation sites is 1. The molecule has 0 aromatic heterocycles. The molecule has 0 saturated carbocycles. The number of hydrogen-bond donors (Lipinski definition) is 0. The first-order valence-electron chi connectivity index (χ1n) is 8.56. The van der Waals surface area contributed by atoms with Crippen molar-refractivity contribution in [1.29, 1.82) is 0 Å². The van der Waals surface area contributed by atoms with E-state index < -0.39 is 0 Å². The summed E-state index contributed by atoms with van der Waals surface area (Å²) in [5.74, 6) is 0.594. The zero-order valence-electron chi connectivity index (χ0n) is 14.5. The Morgan fingerprint density at radius 1 is 0.923 bits per heavy atom. The molecule has 0 unspecified atom stereocenters. The fourth-order valence-electron chi connectivity index (χ4n) is 3.23. The van der Waals surface area contributed by atoms with Crippen LogP contribution in [-0.4, -0.2) is 12.8 Å². The molecular weight excluding hydrogens is 327 g/mol. The standard InChI is InChI=1S/C22H19FN2O/c1-26-20-13-9-17(10-14-20)22-15-21(16-7-11-18(23)12-8-16)24-25(22)19-5-3-2-4-6-19/h2-14,22H,15H2,1H3/t22-/m1/s1. The number of nitrogens with zero attached hydrogens (tertiary/aromatic N) is 2. The van der Waals surface area contributed by atoms with Crippen molar-refractivity contribution in [3.63, 3.8) is 0 Å². The van der Waals surface area contributed by atoms with Gasteiger partial charge >= 0.3 is 0 Å². The highest BCUT2D eigenvalue weighted by atomic mass is 19.1. The average Bonchev–Trinajstić information content (AvgIpc) is 3.15. The highest BCUT2D eigenvalue weighted by Gasteiger charge is 2.29. The van der Waals surface area contributed by atoms with Gasteiger partial charge in [0.25, 0.3) is 0 Å². The van der Waals surface area contributed by atoms with Gasteiger partial charge in [0.15, 0.2) is 0 Å². The summed E-state index contributed by atoms with van der Waals surface area (Å²) in [6.07, 6.45) is 0.757. The highest BCUT2D eigenvalue weighted by Crippen LogP contribution is 2.37. The van der Waals surface area contributed by atoms with E-state index in [0.717, 1.165) is 34.7 Å². The second-order valence-corrected chi connectivity index (χ2v) is 6.23. The summed E-state index contributed by atoms with van der Waals surface area (Å²) in [5.41, 5.74) is 4.10. The van der Waals surface area contributed by atoms with Crippen LogP contribution in [0.15, 0.2) is 84.0 Å². The Balaban J connectivity index is 1.71. The second-order valence-electron chi connectivity index (χ2n) is 6.23. The van der Waals surface area contributed by atoms with Crippen LogP contribution >= 0.6 is 0 Å². The monoisotopic (exact) mass is 346 g/mol. The third-order valence-corrected chi connectivity index (χ3v) is 4.61. The van der Waals surface area contributed by atoms with Crippen LogP contribution in [0.2, 0.25) is 0 Å². The Hall–Kier alpha value is -3.14. The number of benzene rings is 3. The predicted molar refractivity (Wildman–Crippen MR) is 102 cm³/mol. The van der Waals surface area contributed by atoms with Crippen LogP contribution in [0.25, 0.3) is 0 Å². The van der Waals surface area contributed by atoms with Crippen LogP contribution < -0.4 is 9.75 Å². The number of hydrogen-bond acceptors (Lipinski definition) is 3. The van der Waals surface area contributed by atoms with Crippen LogP contribution in [0.3, 0.4) is 0 Å². The fraction of sp³-hybridized carbons (Fsp3) is 0.136. The molecule has 0 aliphatic carbocycles. The van der Waals surface area contributed by atoms with E-state index in [1.54, 1.807) is 19.2 Å². The van der Waals surface area contributed by atoms with Crippen LogP contribution in [0.4, 0.5) is 10.1 Å². The van der Waals surface area contributed by atoms with Gasteiger partial charge in [0.1, 0.15) is 11.6 Å². The van der Waals surface area contributed by atoms with Crippen molar-refractivity contribution in [3.05, 3.63) is 95.8 Å². The summed E-state index contributed by atoms with van der Waals surface area (Å²) in [4.78, 5) is 0. The van der Waals surface area contributed by atoms with Gasteiger partial charge in [-0.25, -0.2) is 4.39 Å². The number of methoxy groups -OCH3 is 1. The minimum atomic E-state index is -0.237. The number of anilines is 1. The zero-order chi connectivity index (χ0) is 17.9. The molecule has 0 radical (unpaired) electrons. The molecule has 0 amide bonds. The lowest BCUT2D eigenvalue weighted by molar-refractivity contribution is 0.414. The lowest BCUT2D eigenvalue weighted by Crippen LogP contribution is -2.18. The van der Waals surface area contributed by atoms with Gasteiger partial charge < -0.3 is 4.74 Å². The number of ether oxygens (including phenoxy) is 1. The van der Waals surface area contributed by atoms with Crippen molar-refractivity contribution in [2.75, 3.05) is 12.1 Å². The molecule has 1 atom stereocenters. The Kier molecular flexibility index (Phi) is 4.40. The minimum absolute atomic E-state index is 0.0864. The summed E-state index contributed by atoms with van der Waals surface area (Å²) >= 11 is 0. The molecule has 0 spiro atoms. The fourth-order valence-corrected chi connectivity index (χ4v) is 3.23. The Labute approximate surface area is 152 Å². The van der Waals surface area contributed by atoms with Gasteiger partial charge in [-0.1, -0.05) is 42.5 Å². The molecule has 1 aliphatic rings. The van der Waals surface area contributed by atoms with Crippen molar-refractivity contribution < 1.29 is 9.13 Å². The van der Waals surface area contributed by atoms with Crippen molar-refractivity contribution in [2.45, 2.75) is 12.5 Å². The number of halogens is 1. The van der Waals surface area contributed by atoms with Crippen molar-refractivity contribution in [3.8, 4) is 5.75 Å². The molecule has 0 bridgehead atoms. The van der Waals surface area contributed by atoms with Crippen LogP contribution in [0.5, 0.6) is 5.75 Å². The van der Waals surface area contributed by atoms with E-state index in [-0.39, 0.29) is 11.9 Å². The van der Waals surface area contributed by atoms with Gasteiger partial charge in [0.05, 0.1) is 24.6 Å². The Morgan fingerprint density at radius 3 is 2.27 bits per heavy atom. The topological polar surface area (TPSA) is 24.8 Å². The van der Waals surface area contributed by atoms with E-state index in [0.29, 0.717) is 0 Å².